The predicted molar refractivity (Wildman–Crippen MR) is 100 cm³/mol. The molecule has 2 aromatic rings. The second-order valence-electron chi connectivity index (χ2n) is 5.06. The number of hydrogen-bond acceptors (Lipinski definition) is 5. The van der Waals surface area contributed by atoms with E-state index in [1.165, 1.54) is 0 Å². The fourth-order valence-electron chi connectivity index (χ4n) is 2.27. The van der Waals surface area contributed by atoms with Gasteiger partial charge in [-0.15, -0.1) is 0 Å². The number of carbonyl (C=O) groups excluding carboxylic acids is 1. The van der Waals surface area contributed by atoms with Gasteiger partial charge in [-0.2, -0.15) is 0 Å². The van der Waals surface area contributed by atoms with E-state index in [-0.39, 0.29) is 14.1 Å². The molecule has 25 heavy (non-hydrogen) atoms. The van der Waals surface area contributed by atoms with Gasteiger partial charge in [-0.25, -0.2) is 0 Å². The molecule has 134 valence electrons. The molecule has 2 aromatic carbocycles. The molecule has 6 heteroatoms. The van der Waals surface area contributed by atoms with Crippen molar-refractivity contribution in [2.75, 3.05) is 34.0 Å². The van der Waals surface area contributed by atoms with E-state index in [0.717, 1.165) is 11.1 Å². The van der Waals surface area contributed by atoms with E-state index in [9.17, 15) is 4.79 Å². The molecule has 0 aliphatic rings. The Balaban J connectivity index is 2.04. The lowest BCUT2D eigenvalue weighted by atomic mass is 10.2. The maximum atomic E-state index is 12.7. The van der Waals surface area contributed by atoms with Crippen LogP contribution >= 0.6 is 8.58 Å². The van der Waals surface area contributed by atoms with Gasteiger partial charge >= 0.3 is 0 Å². The lowest BCUT2D eigenvalue weighted by molar-refractivity contribution is 0.108. The lowest BCUT2D eigenvalue weighted by Crippen LogP contribution is -2.07. The standard InChI is InChI=1S/C19H23O5P/c1-4-23-12-13-24-14-8-10-15(11-9-14)25-19(20)18-16(21-2)6-5-7-17(18)22-3/h5-11,25H,4,12-13H2,1-3H3. The zero-order chi connectivity index (χ0) is 18.1. The molecule has 0 saturated carbocycles. The Hall–Kier alpha value is -2.10. The van der Waals surface area contributed by atoms with E-state index in [2.05, 4.69) is 0 Å². The van der Waals surface area contributed by atoms with Crippen molar-refractivity contribution in [3.05, 3.63) is 48.0 Å². The van der Waals surface area contributed by atoms with Crippen molar-refractivity contribution >= 4 is 19.4 Å². The van der Waals surface area contributed by atoms with E-state index >= 15 is 0 Å². The minimum atomic E-state index is -0.0284. The number of ether oxygens (including phenoxy) is 4. The Labute approximate surface area is 150 Å². The average Bonchev–Trinajstić information content (AvgIpc) is 2.65. The van der Waals surface area contributed by atoms with E-state index in [1.807, 2.05) is 31.2 Å². The minimum Gasteiger partial charge on any atom is -0.496 e. The van der Waals surface area contributed by atoms with Crippen LogP contribution in [0.5, 0.6) is 17.2 Å². The van der Waals surface area contributed by atoms with Crippen molar-refractivity contribution < 1.29 is 23.7 Å². The van der Waals surface area contributed by atoms with E-state index in [1.54, 1.807) is 32.4 Å². The second-order valence-corrected chi connectivity index (χ2v) is 6.34. The number of carbonyl (C=O) groups is 1. The summed E-state index contributed by atoms with van der Waals surface area (Å²) in [6, 6.07) is 12.8. The largest absolute Gasteiger partial charge is 0.496 e. The third kappa shape index (κ3) is 5.45. The quantitative estimate of drug-likeness (QED) is 0.480. The van der Waals surface area contributed by atoms with Crippen LogP contribution in [0.15, 0.2) is 42.5 Å². The summed E-state index contributed by atoms with van der Waals surface area (Å²) in [7, 11) is 3.06. The van der Waals surface area contributed by atoms with E-state index < -0.39 is 0 Å². The first-order valence-electron chi connectivity index (χ1n) is 8.02. The first-order chi connectivity index (χ1) is 12.2. The van der Waals surface area contributed by atoms with Crippen molar-refractivity contribution in [2.45, 2.75) is 6.92 Å². The SMILES string of the molecule is CCOCCOc1ccc(PC(=O)c2c(OC)cccc2OC)cc1. The number of benzene rings is 2. The van der Waals surface area contributed by atoms with Crippen molar-refractivity contribution in [1.29, 1.82) is 0 Å². The average molecular weight is 362 g/mol. The fourth-order valence-corrected chi connectivity index (χ4v) is 3.23. The van der Waals surface area contributed by atoms with Crippen molar-refractivity contribution in [3.63, 3.8) is 0 Å². The summed E-state index contributed by atoms with van der Waals surface area (Å²) in [5, 5.41) is 0.926. The summed E-state index contributed by atoms with van der Waals surface area (Å²) in [6.07, 6.45) is 0. The first kappa shape index (κ1) is 19.2. The normalized spacial score (nSPS) is 10.8. The number of methoxy groups -OCH3 is 2. The summed E-state index contributed by atoms with van der Waals surface area (Å²) >= 11 is 0. The topological polar surface area (TPSA) is 54.0 Å². The smallest absolute Gasteiger partial charge is 0.193 e. The Morgan fingerprint density at radius 3 is 2.16 bits per heavy atom. The third-order valence-corrected chi connectivity index (χ3v) is 4.57. The van der Waals surface area contributed by atoms with Gasteiger partial charge in [0.15, 0.2) is 5.52 Å². The van der Waals surface area contributed by atoms with Crippen LogP contribution < -0.4 is 19.5 Å². The van der Waals surface area contributed by atoms with Gasteiger partial charge < -0.3 is 18.9 Å². The molecule has 0 aliphatic heterocycles. The molecule has 0 bridgehead atoms. The van der Waals surface area contributed by atoms with Gasteiger partial charge in [0.25, 0.3) is 0 Å². The molecule has 0 aromatic heterocycles. The second kappa shape index (κ2) is 10.0. The lowest BCUT2D eigenvalue weighted by Gasteiger charge is -2.12. The monoisotopic (exact) mass is 362 g/mol. The number of hydrogen-bond donors (Lipinski definition) is 0. The molecule has 2 rings (SSSR count). The summed E-state index contributed by atoms with van der Waals surface area (Å²) in [4.78, 5) is 12.7. The van der Waals surface area contributed by atoms with Crippen LogP contribution in [-0.2, 0) is 4.74 Å². The zero-order valence-electron chi connectivity index (χ0n) is 14.7. The molecular formula is C19H23O5P. The molecule has 5 nitrogen and oxygen atoms in total. The fraction of sp³-hybridized carbons (Fsp3) is 0.316. The molecule has 0 heterocycles. The maximum absolute atomic E-state index is 12.7. The van der Waals surface area contributed by atoms with Gasteiger partial charge in [-0.3, -0.25) is 4.79 Å². The molecule has 1 atom stereocenters. The van der Waals surface area contributed by atoms with Gasteiger partial charge in [0, 0.05) is 6.61 Å². The Kier molecular flexibility index (Phi) is 7.71. The minimum absolute atomic E-state index is 0.0259. The molecule has 0 aliphatic carbocycles. The first-order valence-corrected chi connectivity index (χ1v) is 9.02. The van der Waals surface area contributed by atoms with Crippen LogP contribution in [0.2, 0.25) is 0 Å². The summed E-state index contributed by atoms with van der Waals surface area (Å²) in [6.45, 7) is 3.69. The molecule has 0 radical (unpaired) electrons. The van der Waals surface area contributed by atoms with Crippen LogP contribution in [0.1, 0.15) is 17.3 Å². The summed E-state index contributed by atoms with van der Waals surface area (Å²) in [5.41, 5.74) is 0.446. The van der Waals surface area contributed by atoms with Crippen LogP contribution in [0.4, 0.5) is 0 Å². The van der Waals surface area contributed by atoms with Crippen LogP contribution in [0, 0.1) is 0 Å². The van der Waals surface area contributed by atoms with Crippen LogP contribution in [0.25, 0.3) is 0 Å². The maximum Gasteiger partial charge on any atom is 0.193 e. The predicted octanol–water partition coefficient (Wildman–Crippen LogP) is 3.26. The van der Waals surface area contributed by atoms with Gasteiger partial charge in [0.05, 0.1) is 20.8 Å². The van der Waals surface area contributed by atoms with Crippen LogP contribution in [-0.4, -0.2) is 39.6 Å². The van der Waals surface area contributed by atoms with E-state index in [0.29, 0.717) is 36.9 Å². The molecule has 0 spiro atoms. The highest BCUT2D eigenvalue weighted by Gasteiger charge is 2.18. The van der Waals surface area contributed by atoms with Gasteiger partial charge in [0.1, 0.15) is 29.4 Å². The van der Waals surface area contributed by atoms with Crippen LogP contribution in [0.3, 0.4) is 0 Å². The summed E-state index contributed by atoms with van der Waals surface area (Å²) < 4.78 is 21.4. The van der Waals surface area contributed by atoms with E-state index in [4.69, 9.17) is 18.9 Å². The van der Waals surface area contributed by atoms with Gasteiger partial charge in [-0.1, -0.05) is 18.2 Å². The van der Waals surface area contributed by atoms with Gasteiger partial charge in [0.2, 0.25) is 0 Å². The Morgan fingerprint density at radius 2 is 1.60 bits per heavy atom. The zero-order valence-corrected chi connectivity index (χ0v) is 15.7. The van der Waals surface area contributed by atoms with Gasteiger partial charge in [-0.05, 0) is 45.1 Å². The Bertz CT molecular complexity index is 662. The van der Waals surface area contributed by atoms with Crippen molar-refractivity contribution in [3.8, 4) is 17.2 Å². The van der Waals surface area contributed by atoms with Crippen molar-refractivity contribution in [1.82, 2.24) is 0 Å². The molecule has 0 saturated heterocycles. The third-order valence-electron chi connectivity index (χ3n) is 3.47. The molecular weight excluding hydrogens is 339 g/mol. The molecule has 0 N–H and O–H groups in total. The Morgan fingerprint density at radius 1 is 0.960 bits per heavy atom. The molecule has 1 unspecified atom stereocenters. The molecule has 0 fully saturated rings. The van der Waals surface area contributed by atoms with Crippen molar-refractivity contribution in [2.24, 2.45) is 0 Å². The highest BCUT2D eigenvalue weighted by molar-refractivity contribution is 7.66. The highest BCUT2D eigenvalue weighted by Crippen LogP contribution is 2.33. The summed E-state index contributed by atoms with van der Waals surface area (Å²) in [5.74, 6) is 1.80. The highest BCUT2D eigenvalue weighted by atomic mass is 31.1. The number of rotatable bonds is 10. The molecule has 0 amide bonds.